The van der Waals surface area contributed by atoms with Crippen LogP contribution in [0.25, 0.3) is 0 Å². The number of furan rings is 1. The molecule has 26 heavy (non-hydrogen) atoms. The number of nitrogens with one attached hydrogen (secondary N) is 1. The van der Waals surface area contributed by atoms with E-state index in [1.54, 1.807) is 24.0 Å². The molecular formula is C18H24N4O3S. The van der Waals surface area contributed by atoms with Crippen LogP contribution in [0.1, 0.15) is 36.1 Å². The van der Waals surface area contributed by atoms with Gasteiger partial charge in [-0.1, -0.05) is 11.8 Å². The summed E-state index contributed by atoms with van der Waals surface area (Å²) in [6, 6.07) is 3.60. The van der Waals surface area contributed by atoms with E-state index in [4.69, 9.17) is 4.42 Å². The fraction of sp³-hybridized carbons (Fsp3) is 0.500. The van der Waals surface area contributed by atoms with Crippen molar-refractivity contribution < 1.29 is 14.0 Å². The van der Waals surface area contributed by atoms with Gasteiger partial charge in [0.2, 0.25) is 5.91 Å². The number of thioether (sulfide) groups is 1. The molecule has 0 spiro atoms. The lowest BCUT2D eigenvalue weighted by Crippen LogP contribution is -2.41. The molecule has 7 nitrogen and oxygen atoms in total. The SMILES string of the molecule is CC(=O)NCC1CCN(C(=O)c2ccc(CSc3nccn3C)o2)CC1. The zero-order chi connectivity index (χ0) is 18.5. The normalized spacial score (nSPS) is 15.2. The number of imidazole rings is 1. The first-order valence-electron chi connectivity index (χ1n) is 8.75. The van der Waals surface area contributed by atoms with Crippen molar-refractivity contribution >= 4 is 23.6 Å². The van der Waals surface area contributed by atoms with E-state index in [0.717, 1.165) is 23.8 Å². The topological polar surface area (TPSA) is 80.4 Å². The zero-order valence-electron chi connectivity index (χ0n) is 15.1. The summed E-state index contributed by atoms with van der Waals surface area (Å²) in [7, 11) is 1.95. The summed E-state index contributed by atoms with van der Waals surface area (Å²) in [6.07, 6.45) is 5.45. The van der Waals surface area contributed by atoms with Crippen molar-refractivity contribution in [1.29, 1.82) is 0 Å². The second-order valence-corrected chi connectivity index (χ2v) is 7.49. The Kier molecular flexibility index (Phi) is 6.03. The van der Waals surface area contributed by atoms with Crippen LogP contribution in [0.4, 0.5) is 0 Å². The van der Waals surface area contributed by atoms with Gasteiger partial charge < -0.3 is 19.2 Å². The molecule has 8 heteroatoms. The van der Waals surface area contributed by atoms with Crippen molar-refractivity contribution in [3.63, 3.8) is 0 Å². The van der Waals surface area contributed by atoms with Gasteiger partial charge in [0.05, 0.1) is 5.75 Å². The molecule has 0 aliphatic carbocycles. The molecule has 1 aliphatic heterocycles. The number of nitrogens with zero attached hydrogens (tertiary/aromatic N) is 3. The number of hydrogen-bond acceptors (Lipinski definition) is 5. The first-order valence-corrected chi connectivity index (χ1v) is 9.74. The molecule has 2 aromatic heterocycles. The van der Waals surface area contributed by atoms with Gasteiger partial charge >= 0.3 is 0 Å². The Labute approximate surface area is 157 Å². The van der Waals surface area contributed by atoms with E-state index in [2.05, 4.69) is 10.3 Å². The van der Waals surface area contributed by atoms with E-state index < -0.39 is 0 Å². The van der Waals surface area contributed by atoms with Crippen molar-refractivity contribution in [2.75, 3.05) is 19.6 Å². The Balaban J connectivity index is 1.49. The average Bonchev–Trinajstić information content (AvgIpc) is 3.27. The highest BCUT2D eigenvalue weighted by Gasteiger charge is 2.25. The van der Waals surface area contributed by atoms with E-state index in [-0.39, 0.29) is 11.8 Å². The number of amides is 2. The van der Waals surface area contributed by atoms with Crippen molar-refractivity contribution in [3.8, 4) is 0 Å². The van der Waals surface area contributed by atoms with Gasteiger partial charge in [-0.05, 0) is 30.9 Å². The Morgan fingerprint density at radius 2 is 2.12 bits per heavy atom. The van der Waals surface area contributed by atoms with E-state index in [9.17, 15) is 9.59 Å². The molecule has 1 fully saturated rings. The molecule has 0 aromatic carbocycles. The van der Waals surface area contributed by atoms with Crippen molar-refractivity contribution in [3.05, 3.63) is 36.0 Å². The van der Waals surface area contributed by atoms with Gasteiger partial charge in [0, 0.05) is 46.0 Å². The van der Waals surface area contributed by atoms with Crippen LogP contribution >= 0.6 is 11.8 Å². The summed E-state index contributed by atoms with van der Waals surface area (Å²) in [5.41, 5.74) is 0. The quantitative estimate of drug-likeness (QED) is 0.783. The molecule has 3 rings (SSSR count). The number of carbonyl (C=O) groups is 2. The van der Waals surface area contributed by atoms with Gasteiger partial charge in [0.25, 0.3) is 5.91 Å². The van der Waals surface area contributed by atoms with Gasteiger partial charge in [0.15, 0.2) is 10.9 Å². The molecule has 0 radical (unpaired) electrons. The highest BCUT2D eigenvalue weighted by molar-refractivity contribution is 7.98. The molecular weight excluding hydrogens is 352 g/mol. The van der Waals surface area contributed by atoms with Crippen LogP contribution in [0.5, 0.6) is 0 Å². The fourth-order valence-electron chi connectivity index (χ4n) is 2.98. The Bertz CT molecular complexity index is 762. The number of piperidine rings is 1. The fourth-order valence-corrected chi connectivity index (χ4v) is 3.81. The predicted octanol–water partition coefficient (Wildman–Crippen LogP) is 2.29. The van der Waals surface area contributed by atoms with Crippen molar-refractivity contribution in [2.45, 2.75) is 30.7 Å². The first-order chi connectivity index (χ1) is 12.5. The lowest BCUT2D eigenvalue weighted by atomic mass is 9.96. The second-order valence-electron chi connectivity index (χ2n) is 6.55. The highest BCUT2D eigenvalue weighted by atomic mass is 32.2. The van der Waals surface area contributed by atoms with Crippen LogP contribution < -0.4 is 5.32 Å². The third kappa shape index (κ3) is 4.69. The smallest absolute Gasteiger partial charge is 0.289 e. The number of hydrogen-bond donors (Lipinski definition) is 1. The summed E-state index contributed by atoms with van der Waals surface area (Å²) in [5, 5.41) is 3.77. The van der Waals surface area contributed by atoms with E-state index in [1.165, 1.54) is 6.92 Å². The van der Waals surface area contributed by atoms with Gasteiger partial charge in [-0.3, -0.25) is 9.59 Å². The Morgan fingerprint density at radius 3 is 2.77 bits per heavy atom. The minimum atomic E-state index is -0.0591. The molecule has 2 aromatic rings. The number of rotatable bonds is 6. The van der Waals surface area contributed by atoms with Crippen molar-refractivity contribution in [2.24, 2.45) is 13.0 Å². The molecule has 0 unspecified atom stereocenters. The lowest BCUT2D eigenvalue weighted by molar-refractivity contribution is -0.119. The molecule has 1 aliphatic rings. The van der Waals surface area contributed by atoms with Crippen LogP contribution in [0, 0.1) is 5.92 Å². The molecule has 140 valence electrons. The van der Waals surface area contributed by atoms with Crippen LogP contribution in [0.15, 0.2) is 34.1 Å². The molecule has 3 heterocycles. The zero-order valence-corrected chi connectivity index (χ0v) is 15.9. The maximum atomic E-state index is 12.6. The number of carbonyl (C=O) groups excluding carboxylic acids is 2. The second kappa shape index (κ2) is 8.44. The summed E-state index contributed by atoms with van der Waals surface area (Å²) in [4.78, 5) is 29.7. The van der Waals surface area contributed by atoms with Crippen molar-refractivity contribution in [1.82, 2.24) is 19.8 Å². The van der Waals surface area contributed by atoms with Crippen LogP contribution in [0.2, 0.25) is 0 Å². The van der Waals surface area contributed by atoms with Crippen LogP contribution in [0.3, 0.4) is 0 Å². The third-order valence-electron chi connectivity index (χ3n) is 4.53. The summed E-state index contributed by atoms with van der Waals surface area (Å²) >= 11 is 1.57. The van der Waals surface area contributed by atoms with E-state index in [0.29, 0.717) is 37.1 Å². The highest BCUT2D eigenvalue weighted by Crippen LogP contribution is 2.23. The van der Waals surface area contributed by atoms with Gasteiger partial charge in [-0.25, -0.2) is 4.98 Å². The van der Waals surface area contributed by atoms with E-state index >= 15 is 0 Å². The van der Waals surface area contributed by atoms with Crippen LogP contribution in [-0.4, -0.2) is 45.9 Å². The minimum absolute atomic E-state index is 0.00460. The number of likely N-dealkylation sites (tertiary alicyclic amines) is 1. The molecule has 1 saturated heterocycles. The lowest BCUT2D eigenvalue weighted by Gasteiger charge is -2.31. The summed E-state index contributed by atoms with van der Waals surface area (Å²) in [5.74, 6) is 2.16. The van der Waals surface area contributed by atoms with Crippen LogP contribution in [-0.2, 0) is 17.6 Å². The minimum Gasteiger partial charge on any atom is -0.455 e. The number of aromatic nitrogens is 2. The molecule has 1 N–H and O–H groups in total. The molecule has 2 amide bonds. The predicted molar refractivity (Wildman–Crippen MR) is 98.8 cm³/mol. The molecule has 0 atom stereocenters. The van der Waals surface area contributed by atoms with Gasteiger partial charge in [-0.15, -0.1) is 0 Å². The molecule has 0 bridgehead atoms. The van der Waals surface area contributed by atoms with E-state index in [1.807, 2.05) is 28.8 Å². The monoisotopic (exact) mass is 376 g/mol. The maximum Gasteiger partial charge on any atom is 0.289 e. The largest absolute Gasteiger partial charge is 0.455 e. The Morgan fingerprint density at radius 1 is 1.35 bits per heavy atom. The van der Waals surface area contributed by atoms with Gasteiger partial charge in [0.1, 0.15) is 5.76 Å². The maximum absolute atomic E-state index is 12.6. The average molecular weight is 376 g/mol. The third-order valence-corrected chi connectivity index (χ3v) is 5.61. The standard InChI is InChI=1S/C18H24N4O3S/c1-13(23)20-11-14-5-8-22(9-6-14)17(24)16-4-3-15(25-16)12-26-18-19-7-10-21(18)2/h3-4,7,10,14H,5-6,8-9,11-12H2,1-2H3,(H,20,23). The summed E-state index contributed by atoms with van der Waals surface area (Å²) in [6.45, 7) is 3.61. The number of aryl methyl sites for hydroxylation is 1. The molecule has 0 saturated carbocycles. The summed E-state index contributed by atoms with van der Waals surface area (Å²) < 4.78 is 7.69. The Hall–Kier alpha value is -2.22. The first kappa shape index (κ1) is 18.6. The van der Waals surface area contributed by atoms with Gasteiger partial charge in [-0.2, -0.15) is 0 Å².